The lowest BCUT2D eigenvalue weighted by molar-refractivity contribution is 0.196. The largest absolute Gasteiger partial charge is 0.329 e. The zero-order chi connectivity index (χ0) is 13.3. The highest BCUT2D eigenvalue weighted by Crippen LogP contribution is 2.28. The van der Waals surface area contributed by atoms with Gasteiger partial charge in [0, 0.05) is 31.9 Å². The van der Waals surface area contributed by atoms with Gasteiger partial charge in [0.15, 0.2) is 0 Å². The first-order chi connectivity index (χ1) is 8.46. The van der Waals surface area contributed by atoms with E-state index >= 15 is 0 Å². The molecule has 0 radical (unpaired) electrons. The molecule has 1 fully saturated rings. The second-order valence-electron chi connectivity index (χ2n) is 4.85. The van der Waals surface area contributed by atoms with Crippen molar-refractivity contribution >= 4 is 10.0 Å². The van der Waals surface area contributed by atoms with E-state index in [4.69, 9.17) is 5.73 Å². The molecule has 102 valence electrons. The Hall–Kier alpha value is -0.920. The molecular weight excluding hydrogens is 252 g/mol. The second kappa shape index (κ2) is 4.99. The van der Waals surface area contributed by atoms with Gasteiger partial charge in [0.25, 0.3) is 0 Å². The number of aryl methyl sites for hydroxylation is 1. The molecule has 0 aliphatic carbocycles. The maximum Gasteiger partial charge on any atom is 0.246 e. The smallest absolute Gasteiger partial charge is 0.246 e. The van der Waals surface area contributed by atoms with Crippen LogP contribution in [0.3, 0.4) is 0 Å². The topological polar surface area (TPSA) is 81.2 Å². The molecule has 6 nitrogen and oxygen atoms in total. The minimum Gasteiger partial charge on any atom is -0.329 e. The van der Waals surface area contributed by atoms with Gasteiger partial charge in [-0.05, 0) is 19.8 Å². The van der Waals surface area contributed by atoms with Crippen LogP contribution in [0.1, 0.15) is 26.2 Å². The van der Waals surface area contributed by atoms with Gasteiger partial charge in [-0.15, -0.1) is 0 Å². The van der Waals surface area contributed by atoms with Gasteiger partial charge >= 0.3 is 0 Å². The minimum atomic E-state index is -3.48. The second-order valence-corrected chi connectivity index (χ2v) is 6.70. The van der Waals surface area contributed by atoms with Crippen LogP contribution in [-0.2, 0) is 17.1 Å². The van der Waals surface area contributed by atoms with Crippen LogP contribution in [0.5, 0.6) is 0 Å². The fourth-order valence-corrected chi connectivity index (χ4v) is 4.44. The Labute approximate surface area is 108 Å². The Balaban J connectivity index is 2.38. The molecular formula is C11H20N4O2S. The van der Waals surface area contributed by atoms with Crippen molar-refractivity contribution < 1.29 is 8.42 Å². The van der Waals surface area contributed by atoms with Crippen molar-refractivity contribution in [3.05, 3.63) is 12.4 Å². The molecule has 2 rings (SSSR count). The highest BCUT2D eigenvalue weighted by atomic mass is 32.2. The third-order valence-electron chi connectivity index (χ3n) is 3.48. The average molecular weight is 272 g/mol. The molecule has 0 saturated carbocycles. The lowest BCUT2D eigenvalue weighted by Crippen LogP contribution is -2.51. The molecule has 2 N–H and O–H groups in total. The summed E-state index contributed by atoms with van der Waals surface area (Å²) in [6.07, 6.45) is 5.67. The summed E-state index contributed by atoms with van der Waals surface area (Å²) in [5.41, 5.74) is 5.71. The number of rotatable bonds is 3. The Kier molecular flexibility index (Phi) is 3.74. The van der Waals surface area contributed by atoms with Gasteiger partial charge in [0.2, 0.25) is 10.0 Å². The zero-order valence-corrected chi connectivity index (χ0v) is 11.6. The van der Waals surface area contributed by atoms with Crippen LogP contribution in [0.25, 0.3) is 0 Å². The summed E-state index contributed by atoms with van der Waals surface area (Å²) in [4.78, 5) is 0.247. The number of hydrogen-bond acceptors (Lipinski definition) is 4. The molecule has 0 bridgehead atoms. The fourth-order valence-electron chi connectivity index (χ4n) is 2.57. The number of sulfonamides is 1. The zero-order valence-electron chi connectivity index (χ0n) is 10.8. The van der Waals surface area contributed by atoms with E-state index in [2.05, 4.69) is 5.10 Å². The van der Waals surface area contributed by atoms with E-state index in [1.807, 2.05) is 6.92 Å². The van der Waals surface area contributed by atoms with Crippen molar-refractivity contribution in [2.45, 2.75) is 43.2 Å². The molecule has 7 heteroatoms. The Morgan fingerprint density at radius 3 is 2.78 bits per heavy atom. The first-order valence-corrected chi connectivity index (χ1v) is 7.63. The quantitative estimate of drug-likeness (QED) is 0.858. The molecule has 0 aromatic carbocycles. The first-order valence-electron chi connectivity index (χ1n) is 6.19. The van der Waals surface area contributed by atoms with Crippen LogP contribution < -0.4 is 5.73 Å². The maximum absolute atomic E-state index is 12.6. The van der Waals surface area contributed by atoms with Crippen molar-refractivity contribution in [3.8, 4) is 0 Å². The van der Waals surface area contributed by atoms with Crippen molar-refractivity contribution in [2.75, 3.05) is 6.54 Å². The fraction of sp³-hybridized carbons (Fsp3) is 0.727. The predicted octanol–water partition coefficient (Wildman–Crippen LogP) is 0.311. The number of aromatic nitrogens is 2. The minimum absolute atomic E-state index is 0.00231. The predicted molar refractivity (Wildman–Crippen MR) is 68.4 cm³/mol. The van der Waals surface area contributed by atoms with Gasteiger partial charge in [-0.1, -0.05) is 6.42 Å². The number of hydrogen-bond donors (Lipinski definition) is 1. The van der Waals surface area contributed by atoms with Gasteiger partial charge in [0.05, 0.1) is 6.20 Å². The van der Waals surface area contributed by atoms with Crippen molar-refractivity contribution in [1.82, 2.24) is 14.1 Å². The van der Waals surface area contributed by atoms with Gasteiger partial charge in [-0.25, -0.2) is 8.42 Å². The summed E-state index contributed by atoms with van der Waals surface area (Å²) in [5, 5.41) is 3.93. The Morgan fingerprint density at radius 1 is 1.50 bits per heavy atom. The maximum atomic E-state index is 12.6. The molecule has 2 atom stereocenters. The summed E-state index contributed by atoms with van der Waals surface area (Å²) in [5.74, 6) is 0. The van der Waals surface area contributed by atoms with Crippen molar-refractivity contribution in [2.24, 2.45) is 12.8 Å². The van der Waals surface area contributed by atoms with E-state index in [-0.39, 0.29) is 17.0 Å². The summed E-state index contributed by atoms with van der Waals surface area (Å²) >= 11 is 0. The number of nitrogens with two attached hydrogens (primary N) is 1. The molecule has 1 aliphatic rings. The van der Waals surface area contributed by atoms with Gasteiger partial charge < -0.3 is 5.73 Å². The van der Waals surface area contributed by atoms with Gasteiger partial charge in [0.1, 0.15) is 4.90 Å². The van der Waals surface area contributed by atoms with Crippen molar-refractivity contribution in [3.63, 3.8) is 0 Å². The van der Waals surface area contributed by atoms with Crippen LogP contribution in [0.2, 0.25) is 0 Å². The highest BCUT2D eigenvalue weighted by molar-refractivity contribution is 7.89. The van der Waals surface area contributed by atoms with E-state index in [0.29, 0.717) is 6.54 Å². The van der Waals surface area contributed by atoms with Crippen LogP contribution >= 0.6 is 0 Å². The molecule has 1 aromatic heterocycles. The molecule has 1 saturated heterocycles. The molecule has 2 heterocycles. The molecule has 0 spiro atoms. The average Bonchev–Trinajstić information content (AvgIpc) is 2.75. The van der Waals surface area contributed by atoms with E-state index < -0.39 is 10.0 Å². The van der Waals surface area contributed by atoms with Crippen LogP contribution in [0, 0.1) is 0 Å². The van der Waals surface area contributed by atoms with Gasteiger partial charge in [-0.3, -0.25) is 4.68 Å². The number of nitrogens with zero attached hydrogens (tertiary/aromatic N) is 3. The standard InChI is InChI=1S/C11H20N4O2S/c1-9-4-3-5-10(6-12)15(9)18(16,17)11-7-13-14(2)8-11/h7-10H,3-6,12H2,1-2H3. The third kappa shape index (κ3) is 2.30. The highest BCUT2D eigenvalue weighted by Gasteiger charge is 2.37. The lowest BCUT2D eigenvalue weighted by atomic mass is 10.00. The van der Waals surface area contributed by atoms with Crippen LogP contribution in [0.15, 0.2) is 17.3 Å². The monoisotopic (exact) mass is 272 g/mol. The van der Waals surface area contributed by atoms with Crippen LogP contribution in [-0.4, -0.2) is 41.1 Å². The normalized spacial score (nSPS) is 26.4. The summed E-state index contributed by atoms with van der Waals surface area (Å²) in [6, 6.07) is -0.100. The molecule has 1 aliphatic heterocycles. The number of piperidine rings is 1. The summed E-state index contributed by atoms with van der Waals surface area (Å²) in [7, 11) is -1.77. The van der Waals surface area contributed by atoms with E-state index in [0.717, 1.165) is 19.3 Å². The summed E-state index contributed by atoms with van der Waals surface area (Å²) in [6.45, 7) is 2.31. The Bertz CT molecular complexity index is 511. The molecule has 0 amide bonds. The van der Waals surface area contributed by atoms with Gasteiger partial charge in [-0.2, -0.15) is 9.40 Å². The Morgan fingerprint density at radius 2 is 2.22 bits per heavy atom. The summed E-state index contributed by atoms with van der Waals surface area (Å²) < 4.78 is 28.3. The molecule has 1 aromatic rings. The van der Waals surface area contributed by atoms with Crippen molar-refractivity contribution in [1.29, 1.82) is 0 Å². The molecule has 18 heavy (non-hydrogen) atoms. The first kappa shape index (κ1) is 13.5. The van der Waals surface area contributed by atoms with E-state index in [9.17, 15) is 8.42 Å². The third-order valence-corrected chi connectivity index (χ3v) is 5.50. The SMILES string of the molecule is CC1CCCC(CN)N1S(=O)(=O)c1cnn(C)c1. The van der Waals surface area contributed by atoms with E-state index in [1.54, 1.807) is 11.4 Å². The van der Waals surface area contributed by atoms with E-state index in [1.165, 1.54) is 17.1 Å². The molecule has 2 unspecified atom stereocenters. The van der Waals surface area contributed by atoms with Crippen LogP contribution in [0.4, 0.5) is 0 Å². The lowest BCUT2D eigenvalue weighted by Gasteiger charge is -2.38.